The highest BCUT2D eigenvalue weighted by molar-refractivity contribution is 6.30. The predicted octanol–water partition coefficient (Wildman–Crippen LogP) is 6.45. The number of methoxy groups -OCH3 is 1. The van der Waals surface area contributed by atoms with Crippen LogP contribution in [0, 0.1) is 0 Å². The van der Waals surface area contributed by atoms with Crippen molar-refractivity contribution in [1.29, 1.82) is 0 Å². The molecule has 4 rings (SSSR count). The number of rotatable bonds is 8. The van der Waals surface area contributed by atoms with Gasteiger partial charge in [0.25, 0.3) is 5.91 Å². The minimum Gasteiger partial charge on any atom is -0.496 e. The summed E-state index contributed by atoms with van der Waals surface area (Å²) in [5, 5.41) is 3.77. The lowest BCUT2D eigenvalue weighted by atomic mass is 9.98. The summed E-state index contributed by atoms with van der Waals surface area (Å²) in [6.45, 7) is 0.242. The summed E-state index contributed by atoms with van der Waals surface area (Å²) in [5.74, 6) is 1.11. The van der Waals surface area contributed by atoms with E-state index >= 15 is 0 Å². The van der Waals surface area contributed by atoms with Crippen molar-refractivity contribution in [2.75, 3.05) is 7.11 Å². The van der Waals surface area contributed by atoms with Crippen molar-refractivity contribution in [2.24, 2.45) is 0 Å². The Morgan fingerprint density at radius 1 is 0.848 bits per heavy atom. The summed E-state index contributed by atoms with van der Waals surface area (Å²) in [5.41, 5.74) is 3.31. The normalized spacial score (nSPS) is 10.6. The fourth-order valence-electron chi connectivity index (χ4n) is 3.62. The van der Waals surface area contributed by atoms with Crippen LogP contribution in [-0.4, -0.2) is 13.0 Å². The van der Waals surface area contributed by atoms with Crippen LogP contribution in [0.4, 0.5) is 0 Å². The average molecular weight is 458 g/mol. The molecular formula is C28H24ClNO3. The van der Waals surface area contributed by atoms with Crippen molar-refractivity contribution >= 4 is 17.5 Å². The molecular weight excluding hydrogens is 434 g/mol. The lowest BCUT2D eigenvalue weighted by Crippen LogP contribution is -2.29. The maximum absolute atomic E-state index is 13.3. The maximum Gasteiger partial charge on any atom is 0.252 e. The zero-order chi connectivity index (χ0) is 23.0. The fourth-order valence-corrected chi connectivity index (χ4v) is 3.80. The molecule has 1 N–H and O–H groups in total. The van der Waals surface area contributed by atoms with E-state index in [9.17, 15) is 4.79 Å². The second kappa shape index (κ2) is 10.7. The highest BCUT2D eigenvalue weighted by Crippen LogP contribution is 2.26. The van der Waals surface area contributed by atoms with Gasteiger partial charge < -0.3 is 14.8 Å². The van der Waals surface area contributed by atoms with Gasteiger partial charge in [-0.25, -0.2) is 0 Å². The Labute approximate surface area is 198 Å². The molecule has 0 spiro atoms. The van der Waals surface area contributed by atoms with Gasteiger partial charge in [0, 0.05) is 16.1 Å². The van der Waals surface area contributed by atoms with Gasteiger partial charge in [0.2, 0.25) is 0 Å². The summed E-state index contributed by atoms with van der Waals surface area (Å²) < 4.78 is 11.3. The number of benzene rings is 4. The molecule has 0 aliphatic rings. The summed E-state index contributed by atoms with van der Waals surface area (Å²) in [4.78, 5) is 13.3. The first-order chi connectivity index (χ1) is 16.1. The third-order valence-corrected chi connectivity index (χ3v) is 5.51. The van der Waals surface area contributed by atoms with Gasteiger partial charge in [-0.3, -0.25) is 4.79 Å². The van der Waals surface area contributed by atoms with Crippen LogP contribution >= 0.6 is 11.6 Å². The standard InChI is InChI=1S/C28H24ClNO3/c1-32-26-16-15-22(17-23(26)19-33-25-14-8-13-24(29)18-25)28(31)30-27(20-9-4-2-5-10-20)21-11-6-3-7-12-21/h2-18,27H,19H2,1H3,(H,30,31). The second-order valence-electron chi connectivity index (χ2n) is 7.50. The molecule has 166 valence electrons. The van der Waals surface area contributed by atoms with Crippen LogP contribution in [0.1, 0.15) is 33.1 Å². The molecule has 0 unspecified atom stereocenters. The summed E-state index contributed by atoms with van der Waals surface area (Å²) in [6, 6.07) is 32.1. The summed E-state index contributed by atoms with van der Waals surface area (Å²) in [6.07, 6.45) is 0. The molecule has 0 saturated carbocycles. The Morgan fingerprint density at radius 2 is 1.52 bits per heavy atom. The Bertz CT molecular complexity index is 1170. The van der Waals surface area contributed by atoms with Gasteiger partial charge in [-0.1, -0.05) is 78.3 Å². The number of hydrogen-bond donors (Lipinski definition) is 1. The van der Waals surface area contributed by atoms with Gasteiger partial charge >= 0.3 is 0 Å². The average Bonchev–Trinajstić information content (AvgIpc) is 2.87. The van der Waals surface area contributed by atoms with Crippen molar-refractivity contribution in [1.82, 2.24) is 5.32 Å². The van der Waals surface area contributed by atoms with E-state index in [2.05, 4.69) is 5.32 Å². The van der Waals surface area contributed by atoms with Gasteiger partial charge in [0.05, 0.1) is 13.2 Å². The molecule has 4 nitrogen and oxygen atoms in total. The molecule has 0 saturated heterocycles. The first-order valence-corrected chi connectivity index (χ1v) is 11.0. The Morgan fingerprint density at radius 3 is 2.12 bits per heavy atom. The minimum absolute atomic E-state index is 0.181. The fraction of sp³-hybridized carbons (Fsp3) is 0.107. The zero-order valence-corrected chi connectivity index (χ0v) is 19.0. The van der Waals surface area contributed by atoms with Crippen molar-refractivity contribution < 1.29 is 14.3 Å². The number of carbonyl (C=O) groups is 1. The zero-order valence-electron chi connectivity index (χ0n) is 18.2. The van der Waals surface area contributed by atoms with Crippen LogP contribution < -0.4 is 14.8 Å². The molecule has 0 aromatic heterocycles. The number of carbonyl (C=O) groups excluding carboxylic acids is 1. The van der Waals surface area contributed by atoms with Gasteiger partial charge in [0.15, 0.2) is 0 Å². The molecule has 0 fully saturated rings. The van der Waals surface area contributed by atoms with Crippen LogP contribution in [0.15, 0.2) is 103 Å². The number of nitrogens with one attached hydrogen (secondary N) is 1. The van der Waals surface area contributed by atoms with Gasteiger partial charge in [-0.05, 0) is 47.5 Å². The molecule has 4 aromatic rings. The van der Waals surface area contributed by atoms with Gasteiger partial charge in [-0.2, -0.15) is 0 Å². The molecule has 0 aliphatic carbocycles. The first kappa shape index (κ1) is 22.4. The van der Waals surface area contributed by atoms with Crippen molar-refractivity contribution in [3.8, 4) is 11.5 Å². The van der Waals surface area contributed by atoms with Gasteiger partial charge in [-0.15, -0.1) is 0 Å². The van der Waals surface area contributed by atoms with Crippen LogP contribution in [0.2, 0.25) is 5.02 Å². The van der Waals surface area contributed by atoms with E-state index < -0.39 is 0 Å². The van der Waals surface area contributed by atoms with Crippen LogP contribution in [0.25, 0.3) is 0 Å². The molecule has 4 aromatic carbocycles. The quantitative estimate of drug-likeness (QED) is 0.331. The maximum atomic E-state index is 13.3. The van der Waals surface area contributed by atoms with Gasteiger partial charge in [0.1, 0.15) is 18.1 Å². The second-order valence-corrected chi connectivity index (χ2v) is 7.94. The summed E-state index contributed by atoms with van der Waals surface area (Å²) >= 11 is 6.04. The molecule has 33 heavy (non-hydrogen) atoms. The lowest BCUT2D eigenvalue weighted by molar-refractivity contribution is 0.0942. The number of amides is 1. The van der Waals surface area contributed by atoms with Crippen LogP contribution in [0.5, 0.6) is 11.5 Å². The van der Waals surface area contributed by atoms with Crippen molar-refractivity contribution in [3.05, 3.63) is 130 Å². The van der Waals surface area contributed by atoms with E-state index in [1.165, 1.54) is 0 Å². The number of hydrogen-bond acceptors (Lipinski definition) is 3. The van der Waals surface area contributed by atoms with E-state index in [4.69, 9.17) is 21.1 Å². The third kappa shape index (κ3) is 5.73. The SMILES string of the molecule is COc1ccc(C(=O)NC(c2ccccc2)c2ccccc2)cc1COc1cccc(Cl)c1. The van der Waals surface area contributed by atoms with Crippen molar-refractivity contribution in [2.45, 2.75) is 12.6 Å². The van der Waals surface area contributed by atoms with Crippen LogP contribution in [-0.2, 0) is 6.61 Å². The molecule has 5 heteroatoms. The van der Waals surface area contributed by atoms with E-state index in [1.807, 2.05) is 72.8 Å². The van der Waals surface area contributed by atoms with E-state index in [0.717, 1.165) is 16.7 Å². The Balaban J connectivity index is 1.57. The number of halogens is 1. The predicted molar refractivity (Wildman–Crippen MR) is 131 cm³/mol. The highest BCUT2D eigenvalue weighted by Gasteiger charge is 2.19. The lowest BCUT2D eigenvalue weighted by Gasteiger charge is -2.20. The monoisotopic (exact) mass is 457 g/mol. The van der Waals surface area contributed by atoms with Crippen LogP contribution in [0.3, 0.4) is 0 Å². The first-order valence-electron chi connectivity index (χ1n) is 10.6. The summed E-state index contributed by atoms with van der Waals surface area (Å²) in [7, 11) is 1.60. The molecule has 0 aliphatic heterocycles. The highest BCUT2D eigenvalue weighted by atomic mass is 35.5. The van der Waals surface area contributed by atoms with Crippen molar-refractivity contribution in [3.63, 3.8) is 0 Å². The van der Waals surface area contributed by atoms with E-state index in [-0.39, 0.29) is 18.6 Å². The molecule has 1 amide bonds. The molecule has 0 radical (unpaired) electrons. The molecule has 0 atom stereocenters. The van der Waals surface area contributed by atoms with E-state index in [1.54, 1.807) is 37.4 Å². The Kier molecular flexibility index (Phi) is 7.28. The largest absolute Gasteiger partial charge is 0.496 e. The molecule has 0 bridgehead atoms. The third-order valence-electron chi connectivity index (χ3n) is 5.27. The molecule has 0 heterocycles. The Hall–Kier alpha value is -3.76. The topological polar surface area (TPSA) is 47.6 Å². The van der Waals surface area contributed by atoms with E-state index in [0.29, 0.717) is 22.1 Å². The number of ether oxygens (including phenoxy) is 2. The smallest absolute Gasteiger partial charge is 0.252 e. The minimum atomic E-state index is -0.270.